The van der Waals surface area contributed by atoms with Crippen molar-refractivity contribution in [2.24, 2.45) is 5.73 Å². The fraction of sp³-hybridized carbons (Fsp3) is 0.667. The Morgan fingerprint density at radius 1 is 1.11 bits per heavy atom. The number of hydrogen-bond acceptors (Lipinski definition) is 7. The zero-order valence-corrected chi connectivity index (χ0v) is 16.7. The second kappa shape index (κ2) is 11.0. The molecular weight excluding hydrogens is 394 g/mol. The van der Waals surface area contributed by atoms with Gasteiger partial charge in [-0.15, -0.1) is 0 Å². The van der Waals surface area contributed by atoms with E-state index in [4.69, 9.17) is 5.73 Å². The molecule has 0 saturated carbocycles. The highest BCUT2D eigenvalue weighted by Crippen LogP contribution is 2.17. The number of carbonyl (C=O) groups excluding carboxylic acids is 5. The molecule has 1 aliphatic rings. The fourth-order valence-corrected chi connectivity index (χ4v) is 3.17. The lowest BCUT2D eigenvalue weighted by Crippen LogP contribution is -2.55. The SMILES string of the molecule is CC(=O)NC(CS)C(=O)NCC(=O)N1CCCC1C(=O)NC(CS)C(N)=O. The number of nitrogens with zero attached hydrogens (tertiary/aromatic N) is 1. The first-order chi connectivity index (χ1) is 12.7. The highest BCUT2D eigenvalue weighted by Gasteiger charge is 2.35. The van der Waals surface area contributed by atoms with E-state index in [1.807, 2.05) is 0 Å². The standard InChI is InChI=1S/C15H25N5O5S2/c1-8(21)18-10(7-27)14(24)17-5-12(22)20-4-2-3-11(20)15(25)19-9(6-26)13(16)23/h9-11,26-27H,2-7H2,1H3,(H2,16,23)(H,17,24)(H,18,21)(H,19,25). The number of amides is 5. The summed E-state index contributed by atoms with van der Waals surface area (Å²) in [6, 6.07) is -2.53. The smallest absolute Gasteiger partial charge is 0.243 e. The van der Waals surface area contributed by atoms with Crippen LogP contribution < -0.4 is 21.7 Å². The molecule has 5 amide bonds. The minimum absolute atomic E-state index is 0.0477. The summed E-state index contributed by atoms with van der Waals surface area (Å²) in [5.41, 5.74) is 5.18. The van der Waals surface area contributed by atoms with Crippen molar-refractivity contribution >= 4 is 54.8 Å². The minimum Gasteiger partial charge on any atom is -0.368 e. The summed E-state index contributed by atoms with van der Waals surface area (Å²) in [6.45, 7) is 1.31. The maximum Gasteiger partial charge on any atom is 0.243 e. The molecule has 10 nitrogen and oxygen atoms in total. The summed E-state index contributed by atoms with van der Waals surface area (Å²) in [4.78, 5) is 60.4. The molecule has 5 N–H and O–H groups in total. The van der Waals surface area contributed by atoms with Crippen LogP contribution in [0.4, 0.5) is 0 Å². The van der Waals surface area contributed by atoms with E-state index in [0.717, 1.165) is 0 Å². The molecule has 3 atom stereocenters. The third-order valence-corrected chi connectivity index (χ3v) is 4.74. The van der Waals surface area contributed by atoms with Crippen LogP contribution >= 0.6 is 25.3 Å². The van der Waals surface area contributed by atoms with Crippen LogP contribution in [0.1, 0.15) is 19.8 Å². The molecule has 0 aliphatic carbocycles. The molecule has 0 radical (unpaired) electrons. The van der Waals surface area contributed by atoms with Crippen molar-refractivity contribution in [1.29, 1.82) is 0 Å². The highest BCUT2D eigenvalue weighted by atomic mass is 32.1. The third kappa shape index (κ3) is 6.94. The van der Waals surface area contributed by atoms with Gasteiger partial charge in [0.1, 0.15) is 18.1 Å². The number of carbonyl (C=O) groups is 5. The fourth-order valence-electron chi connectivity index (χ4n) is 2.64. The molecule has 1 fully saturated rings. The van der Waals surface area contributed by atoms with Gasteiger partial charge in [-0.1, -0.05) is 0 Å². The first-order valence-corrected chi connectivity index (χ1v) is 9.63. The van der Waals surface area contributed by atoms with Gasteiger partial charge in [0, 0.05) is 25.0 Å². The number of rotatable bonds is 9. The molecule has 152 valence electrons. The summed E-state index contributed by atoms with van der Waals surface area (Å²) in [6.07, 6.45) is 1.06. The number of primary amides is 1. The van der Waals surface area contributed by atoms with Gasteiger partial charge < -0.3 is 26.6 Å². The lowest BCUT2D eigenvalue weighted by atomic mass is 10.2. The van der Waals surface area contributed by atoms with Crippen LogP contribution in [0.25, 0.3) is 0 Å². The number of nitrogens with two attached hydrogens (primary N) is 1. The normalized spacial score (nSPS) is 18.3. The molecule has 0 bridgehead atoms. The molecular formula is C15H25N5O5S2. The van der Waals surface area contributed by atoms with Gasteiger partial charge in [-0.2, -0.15) is 25.3 Å². The number of hydrogen-bond donors (Lipinski definition) is 6. The predicted molar refractivity (Wildman–Crippen MR) is 104 cm³/mol. The summed E-state index contributed by atoms with van der Waals surface area (Å²) in [7, 11) is 0. The van der Waals surface area contributed by atoms with E-state index in [2.05, 4.69) is 41.2 Å². The maximum absolute atomic E-state index is 12.4. The first kappa shape index (κ1) is 23.1. The van der Waals surface area contributed by atoms with Crippen LogP contribution in [0, 0.1) is 0 Å². The van der Waals surface area contributed by atoms with Gasteiger partial charge in [0.15, 0.2) is 0 Å². The van der Waals surface area contributed by atoms with E-state index in [1.54, 1.807) is 0 Å². The summed E-state index contributed by atoms with van der Waals surface area (Å²) >= 11 is 7.96. The Bertz CT molecular complexity index is 603. The minimum atomic E-state index is -0.924. The molecule has 1 rings (SSSR count). The second-order valence-electron chi connectivity index (χ2n) is 6.04. The molecule has 1 heterocycles. The molecule has 27 heavy (non-hydrogen) atoms. The van der Waals surface area contributed by atoms with Crippen molar-refractivity contribution in [3.05, 3.63) is 0 Å². The van der Waals surface area contributed by atoms with Gasteiger partial charge in [-0.05, 0) is 12.8 Å². The van der Waals surface area contributed by atoms with Crippen LogP contribution in [-0.4, -0.2) is 77.2 Å². The monoisotopic (exact) mass is 419 g/mol. The topological polar surface area (TPSA) is 151 Å². The highest BCUT2D eigenvalue weighted by molar-refractivity contribution is 7.80. The zero-order valence-electron chi connectivity index (χ0n) is 14.9. The molecule has 0 spiro atoms. The quantitative estimate of drug-likeness (QED) is 0.227. The second-order valence-corrected chi connectivity index (χ2v) is 6.78. The lowest BCUT2D eigenvalue weighted by molar-refractivity contribution is -0.139. The van der Waals surface area contributed by atoms with Gasteiger partial charge in [-0.25, -0.2) is 0 Å². The Morgan fingerprint density at radius 3 is 2.26 bits per heavy atom. The van der Waals surface area contributed by atoms with Crippen molar-refractivity contribution < 1.29 is 24.0 Å². The molecule has 0 aromatic rings. The van der Waals surface area contributed by atoms with Crippen LogP contribution in [0.2, 0.25) is 0 Å². The van der Waals surface area contributed by atoms with Crippen molar-refractivity contribution in [2.75, 3.05) is 24.6 Å². The first-order valence-electron chi connectivity index (χ1n) is 8.37. The summed E-state index contributed by atoms with van der Waals surface area (Å²) in [5, 5.41) is 7.33. The van der Waals surface area contributed by atoms with Gasteiger partial charge >= 0.3 is 0 Å². The Labute approximate surface area is 168 Å². The molecule has 3 unspecified atom stereocenters. The van der Waals surface area contributed by atoms with E-state index in [0.29, 0.717) is 19.4 Å². The van der Waals surface area contributed by atoms with Gasteiger partial charge in [0.05, 0.1) is 6.54 Å². The summed E-state index contributed by atoms with van der Waals surface area (Å²) < 4.78 is 0. The van der Waals surface area contributed by atoms with E-state index >= 15 is 0 Å². The van der Waals surface area contributed by atoms with E-state index in [9.17, 15) is 24.0 Å². The van der Waals surface area contributed by atoms with E-state index in [1.165, 1.54) is 11.8 Å². The average molecular weight is 420 g/mol. The van der Waals surface area contributed by atoms with Gasteiger partial charge in [0.2, 0.25) is 29.5 Å². The number of likely N-dealkylation sites (tertiary alicyclic amines) is 1. The Balaban J connectivity index is 2.62. The molecule has 0 aromatic heterocycles. The van der Waals surface area contributed by atoms with E-state index < -0.39 is 41.8 Å². The zero-order chi connectivity index (χ0) is 20.6. The van der Waals surface area contributed by atoms with Crippen molar-refractivity contribution in [1.82, 2.24) is 20.9 Å². The average Bonchev–Trinajstić information content (AvgIpc) is 3.11. The van der Waals surface area contributed by atoms with Gasteiger partial charge in [0.25, 0.3) is 0 Å². The maximum atomic E-state index is 12.4. The van der Waals surface area contributed by atoms with Crippen molar-refractivity contribution in [2.45, 2.75) is 37.9 Å². The van der Waals surface area contributed by atoms with Crippen LogP contribution in [0.5, 0.6) is 0 Å². The Morgan fingerprint density at radius 2 is 1.74 bits per heavy atom. The number of nitrogens with one attached hydrogen (secondary N) is 3. The number of thiol groups is 2. The van der Waals surface area contributed by atoms with Crippen LogP contribution in [-0.2, 0) is 24.0 Å². The molecule has 0 aromatic carbocycles. The lowest BCUT2D eigenvalue weighted by Gasteiger charge is -2.26. The molecule has 1 saturated heterocycles. The molecule has 1 aliphatic heterocycles. The molecule has 12 heteroatoms. The predicted octanol–water partition coefficient (Wildman–Crippen LogP) is -2.57. The summed E-state index contributed by atoms with van der Waals surface area (Å²) in [5.74, 6) is -2.45. The Hall–Kier alpha value is -1.95. The van der Waals surface area contributed by atoms with Gasteiger partial charge in [-0.3, -0.25) is 24.0 Å². The van der Waals surface area contributed by atoms with Crippen LogP contribution in [0.3, 0.4) is 0 Å². The van der Waals surface area contributed by atoms with Crippen LogP contribution in [0.15, 0.2) is 0 Å². The third-order valence-electron chi connectivity index (χ3n) is 4.01. The van der Waals surface area contributed by atoms with Crippen molar-refractivity contribution in [3.8, 4) is 0 Å². The van der Waals surface area contributed by atoms with E-state index in [-0.39, 0.29) is 24.0 Å². The Kier molecular flexibility index (Phi) is 9.43. The largest absolute Gasteiger partial charge is 0.368 e. The van der Waals surface area contributed by atoms with Crippen molar-refractivity contribution in [3.63, 3.8) is 0 Å².